The first-order valence-corrected chi connectivity index (χ1v) is 11.8. The summed E-state index contributed by atoms with van der Waals surface area (Å²) in [6, 6.07) is 16.2. The van der Waals surface area contributed by atoms with Crippen molar-refractivity contribution in [1.29, 1.82) is 0 Å². The van der Waals surface area contributed by atoms with Crippen LogP contribution in [0.25, 0.3) is 10.9 Å². The Morgan fingerprint density at radius 1 is 1.12 bits per heavy atom. The lowest BCUT2D eigenvalue weighted by atomic mass is 10.1. The first kappa shape index (κ1) is 21.7. The minimum Gasteiger partial charge on any atom is -0.447 e. The molecule has 5 rings (SSSR count). The van der Waals surface area contributed by atoms with Crippen LogP contribution in [0.1, 0.15) is 40.3 Å². The standard InChI is InChI=1S/C26H27ClN4O2/c27-21-7-5-6-19(14-21)16-30(13-10-20-15-28-23-9-2-1-8-22(20)23)17-25-29-24(18-33-25)26(32)31-11-3-4-12-31/h1-2,5-9,14-15,18,28H,3-4,10-13,16-17H2. The third kappa shape index (κ3) is 5.13. The minimum absolute atomic E-state index is 0.0392. The molecule has 7 heteroatoms. The number of benzene rings is 2. The van der Waals surface area contributed by atoms with E-state index in [-0.39, 0.29) is 5.91 Å². The Morgan fingerprint density at radius 2 is 1.97 bits per heavy atom. The molecule has 0 spiro atoms. The summed E-state index contributed by atoms with van der Waals surface area (Å²) >= 11 is 6.22. The molecule has 0 saturated carbocycles. The number of nitrogens with zero attached hydrogens (tertiary/aromatic N) is 3. The molecule has 0 unspecified atom stereocenters. The smallest absolute Gasteiger partial charge is 0.275 e. The highest BCUT2D eigenvalue weighted by Crippen LogP contribution is 2.20. The quantitative estimate of drug-likeness (QED) is 0.386. The first-order chi connectivity index (χ1) is 16.2. The van der Waals surface area contributed by atoms with Crippen LogP contribution in [0.3, 0.4) is 0 Å². The highest BCUT2D eigenvalue weighted by atomic mass is 35.5. The predicted molar refractivity (Wildman–Crippen MR) is 129 cm³/mol. The number of hydrogen-bond acceptors (Lipinski definition) is 4. The Kier molecular flexibility index (Phi) is 6.46. The number of rotatable bonds is 8. The molecule has 1 aliphatic rings. The monoisotopic (exact) mass is 462 g/mol. The number of fused-ring (bicyclic) bond motifs is 1. The Labute approximate surface area is 198 Å². The fourth-order valence-electron chi connectivity index (χ4n) is 4.48. The van der Waals surface area contributed by atoms with Crippen molar-refractivity contribution in [1.82, 2.24) is 19.8 Å². The molecule has 0 atom stereocenters. The molecule has 1 amide bonds. The topological polar surface area (TPSA) is 65.4 Å². The van der Waals surface area contributed by atoms with Gasteiger partial charge in [-0.05, 0) is 48.6 Å². The Morgan fingerprint density at radius 3 is 2.82 bits per heavy atom. The number of aromatic nitrogens is 2. The van der Waals surface area contributed by atoms with Crippen LogP contribution in [0.5, 0.6) is 0 Å². The molecule has 0 bridgehead atoms. The third-order valence-electron chi connectivity index (χ3n) is 6.19. The van der Waals surface area contributed by atoms with Crippen LogP contribution >= 0.6 is 11.6 Å². The van der Waals surface area contributed by atoms with Gasteiger partial charge in [-0.15, -0.1) is 0 Å². The van der Waals surface area contributed by atoms with Gasteiger partial charge in [-0.1, -0.05) is 41.9 Å². The molecular weight excluding hydrogens is 436 g/mol. The molecule has 4 aromatic rings. The fraction of sp³-hybridized carbons (Fsp3) is 0.308. The van der Waals surface area contributed by atoms with E-state index in [1.807, 2.05) is 29.2 Å². The Balaban J connectivity index is 1.32. The van der Waals surface area contributed by atoms with Gasteiger partial charge in [0.25, 0.3) is 5.91 Å². The van der Waals surface area contributed by atoms with Gasteiger partial charge in [0.1, 0.15) is 6.26 Å². The maximum Gasteiger partial charge on any atom is 0.275 e. The fourth-order valence-corrected chi connectivity index (χ4v) is 4.69. The molecule has 1 saturated heterocycles. The van der Waals surface area contributed by atoms with E-state index in [1.54, 1.807) is 0 Å². The summed E-state index contributed by atoms with van der Waals surface area (Å²) < 4.78 is 5.71. The Hall–Kier alpha value is -3.09. The first-order valence-electron chi connectivity index (χ1n) is 11.4. The molecule has 1 fully saturated rings. The second-order valence-electron chi connectivity index (χ2n) is 8.58. The predicted octanol–water partition coefficient (Wildman–Crippen LogP) is 5.29. The van der Waals surface area contributed by atoms with Gasteiger partial charge >= 0.3 is 0 Å². The van der Waals surface area contributed by atoms with Gasteiger partial charge in [0.2, 0.25) is 5.89 Å². The molecule has 2 aromatic heterocycles. The summed E-state index contributed by atoms with van der Waals surface area (Å²) in [6.07, 6.45) is 6.56. The molecule has 0 radical (unpaired) electrons. The Bertz CT molecular complexity index is 1240. The number of hydrogen-bond donors (Lipinski definition) is 1. The van der Waals surface area contributed by atoms with Crippen molar-refractivity contribution in [2.45, 2.75) is 32.4 Å². The number of H-pyrrole nitrogens is 1. The van der Waals surface area contributed by atoms with Crippen molar-refractivity contribution >= 4 is 28.4 Å². The highest BCUT2D eigenvalue weighted by Gasteiger charge is 2.23. The van der Waals surface area contributed by atoms with Gasteiger partial charge in [0, 0.05) is 48.3 Å². The zero-order valence-electron chi connectivity index (χ0n) is 18.5. The molecule has 3 heterocycles. The molecule has 170 valence electrons. The van der Waals surface area contributed by atoms with Gasteiger partial charge in [0.05, 0.1) is 6.54 Å². The lowest BCUT2D eigenvalue weighted by Crippen LogP contribution is -2.28. The molecule has 1 aliphatic heterocycles. The molecule has 6 nitrogen and oxygen atoms in total. The number of carbonyl (C=O) groups is 1. The molecule has 1 N–H and O–H groups in total. The van der Waals surface area contributed by atoms with E-state index in [0.717, 1.165) is 55.0 Å². The van der Waals surface area contributed by atoms with Gasteiger partial charge in [0.15, 0.2) is 5.69 Å². The zero-order chi connectivity index (χ0) is 22.6. The number of amides is 1. The van der Waals surface area contributed by atoms with E-state index in [9.17, 15) is 4.79 Å². The minimum atomic E-state index is -0.0392. The summed E-state index contributed by atoms with van der Waals surface area (Å²) in [4.78, 5) is 24.7. The number of oxazole rings is 1. The van der Waals surface area contributed by atoms with Crippen LogP contribution in [0, 0.1) is 0 Å². The summed E-state index contributed by atoms with van der Waals surface area (Å²) in [5.74, 6) is 0.515. The van der Waals surface area contributed by atoms with E-state index < -0.39 is 0 Å². The largest absolute Gasteiger partial charge is 0.447 e. The number of aromatic amines is 1. The van der Waals surface area contributed by atoms with Crippen molar-refractivity contribution in [3.8, 4) is 0 Å². The van der Waals surface area contributed by atoms with Gasteiger partial charge < -0.3 is 14.3 Å². The van der Waals surface area contributed by atoms with Crippen molar-refractivity contribution in [3.05, 3.63) is 88.7 Å². The van der Waals surface area contributed by atoms with Crippen LogP contribution in [0.2, 0.25) is 5.02 Å². The van der Waals surface area contributed by atoms with Crippen LogP contribution in [0.4, 0.5) is 0 Å². The molecule has 0 aliphatic carbocycles. The number of carbonyl (C=O) groups excluding carboxylic acids is 1. The van der Waals surface area contributed by atoms with Crippen LogP contribution in [-0.2, 0) is 19.5 Å². The second kappa shape index (κ2) is 9.81. The maximum atomic E-state index is 12.7. The van der Waals surface area contributed by atoms with E-state index in [2.05, 4.69) is 45.3 Å². The van der Waals surface area contributed by atoms with Crippen LogP contribution in [0.15, 0.2) is 65.4 Å². The summed E-state index contributed by atoms with van der Waals surface area (Å²) in [5, 5.41) is 1.97. The normalized spacial score (nSPS) is 13.9. The highest BCUT2D eigenvalue weighted by molar-refractivity contribution is 6.30. The summed E-state index contributed by atoms with van der Waals surface area (Å²) in [7, 11) is 0. The van der Waals surface area contributed by atoms with Crippen LogP contribution < -0.4 is 0 Å². The van der Waals surface area contributed by atoms with Crippen molar-refractivity contribution < 1.29 is 9.21 Å². The number of para-hydroxylation sites is 1. The number of halogens is 1. The van der Waals surface area contributed by atoms with Gasteiger partial charge in [-0.2, -0.15) is 0 Å². The van der Waals surface area contributed by atoms with Crippen molar-refractivity contribution in [2.75, 3.05) is 19.6 Å². The second-order valence-corrected chi connectivity index (χ2v) is 9.01. The van der Waals surface area contributed by atoms with E-state index in [4.69, 9.17) is 16.0 Å². The lowest BCUT2D eigenvalue weighted by molar-refractivity contribution is 0.0787. The maximum absolute atomic E-state index is 12.7. The average Bonchev–Trinajstić information content (AvgIpc) is 3.58. The van der Waals surface area contributed by atoms with Gasteiger partial charge in [-0.3, -0.25) is 9.69 Å². The third-order valence-corrected chi connectivity index (χ3v) is 6.43. The van der Waals surface area contributed by atoms with Crippen LogP contribution in [-0.4, -0.2) is 45.3 Å². The number of likely N-dealkylation sites (tertiary alicyclic amines) is 1. The van der Waals surface area contributed by atoms with Gasteiger partial charge in [-0.25, -0.2) is 4.98 Å². The molecule has 33 heavy (non-hydrogen) atoms. The average molecular weight is 463 g/mol. The molecular formula is C26H27ClN4O2. The summed E-state index contributed by atoms with van der Waals surface area (Å²) in [5.41, 5.74) is 3.94. The lowest BCUT2D eigenvalue weighted by Gasteiger charge is -2.21. The van der Waals surface area contributed by atoms with E-state index >= 15 is 0 Å². The van der Waals surface area contributed by atoms with E-state index in [1.165, 1.54) is 17.2 Å². The molecule has 2 aromatic carbocycles. The van der Waals surface area contributed by atoms with Crippen molar-refractivity contribution in [3.63, 3.8) is 0 Å². The summed E-state index contributed by atoms with van der Waals surface area (Å²) in [6.45, 7) is 3.63. The number of nitrogens with one attached hydrogen (secondary N) is 1. The van der Waals surface area contributed by atoms with E-state index in [0.29, 0.717) is 24.7 Å². The SMILES string of the molecule is O=C(c1coc(CN(CCc2c[nH]c3ccccc23)Cc2cccc(Cl)c2)n1)N1CCCC1. The van der Waals surface area contributed by atoms with Crippen molar-refractivity contribution in [2.24, 2.45) is 0 Å². The zero-order valence-corrected chi connectivity index (χ0v) is 19.2.